The van der Waals surface area contributed by atoms with E-state index in [0.29, 0.717) is 12.3 Å². The molecule has 19 heavy (non-hydrogen) atoms. The second-order valence-corrected chi connectivity index (χ2v) is 6.14. The number of nitrogens with one attached hydrogen (secondary N) is 2. The van der Waals surface area contributed by atoms with Gasteiger partial charge in [-0.3, -0.25) is 0 Å². The predicted molar refractivity (Wildman–Crippen MR) is 77.5 cm³/mol. The first-order valence-electron chi connectivity index (χ1n) is 6.83. The van der Waals surface area contributed by atoms with Crippen LogP contribution < -0.4 is 10.6 Å². The lowest BCUT2D eigenvalue weighted by Gasteiger charge is -2.30. The van der Waals surface area contributed by atoms with Crippen LogP contribution in [-0.2, 0) is 4.79 Å². The van der Waals surface area contributed by atoms with Crippen molar-refractivity contribution in [3.05, 3.63) is 0 Å². The van der Waals surface area contributed by atoms with Gasteiger partial charge in [0.1, 0.15) is 6.04 Å². The molecule has 0 radical (unpaired) electrons. The van der Waals surface area contributed by atoms with E-state index >= 15 is 0 Å². The molecule has 1 aliphatic carbocycles. The van der Waals surface area contributed by atoms with Gasteiger partial charge in [0.05, 0.1) is 0 Å². The highest BCUT2D eigenvalue weighted by Crippen LogP contribution is 2.23. The van der Waals surface area contributed by atoms with Crippen LogP contribution in [0.4, 0.5) is 4.79 Å². The first-order valence-corrected chi connectivity index (χ1v) is 8.22. The number of carbonyl (C=O) groups excluding carboxylic acids is 1. The van der Waals surface area contributed by atoms with Gasteiger partial charge in [0, 0.05) is 6.04 Å². The maximum atomic E-state index is 11.8. The van der Waals surface area contributed by atoms with E-state index in [0.717, 1.165) is 25.0 Å². The van der Waals surface area contributed by atoms with Gasteiger partial charge in [0.2, 0.25) is 0 Å². The summed E-state index contributed by atoms with van der Waals surface area (Å²) in [5.41, 5.74) is 0. The van der Waals surface area contributed by atoms with Crippen molar-refractivity contribution in [2.45, 2.75) is 51.1 Å². The Bertz CT molecular complexity index is 312. The van der Waals surface area contributed by atoms with Crippen molar-refractivity contribution >= 4 is 23.8 Å². The predicted octanol–water partition coefficient (Wildman–Crippen LogP) is 2.07. The number of thioether (sulfide) groups is 1. The second-order valence-electron chi connectivity index (χ2n) is 5.16. The molecule has 3 N–H and O–H groups in total. The summed E-state index contributed by atoms with van der Waals surface area (Å²) in [7, 11) is 0. The number of urea groups is 1. The summed E-state index contributed by atoms with van der Waals surface area (Å²) in [6.45, 7) is 2.13. The van der Waals surface area contributed by atoms with Crippen LogP contribution >= 0.6 is 11.8 Å². The van der Waals surface area contributed by atoms with Crippen LogP contribution in [0.2, 0.25) is 0 Å². The molecule has 0 aromatic carbocycles. The van der Waals surface area contributed by atoms with Crippen LogP contribution in [0.3, 0.4) is 0 Å². The molecule has 1 saturated carbocycles. The molecular formula is C13H24N2O3S. The molecule has 5 nitrogen and oxygen atoms in total. The molecule has 0 saturated heterocycles. The van der Waals surface area contributed by atoms with Gasteiger partial charge in [-0.25, -0.2) is 9.59 Å². The zero-order chi connectivity index (χ0) is 14.3. The van der Waals surface area contributed by atoms with Crippen molar-refractivity contribution in [3.63, 3.8) is 0 Å². The van der Waals surface area contributed by atoms with Crippen LogP contribution in [0.1, 0.15) is 39.0 Å². The van der Waals surface area contributed by atoms with Crippen LogP contribution in [0, 0.1) is 5.92 Å². The van der Waals surface area contributed by atoms with Gasteiger partial charge in [-0.05, 0) is 37.2 Å². The molecule has 0 aliphatic heterocycles. The third-order valence-electron chi connectivity index (χ3n) is 3.64. The minimum atomic E-state index is -0.971. The molecule has 0 bridgehead atoms. The first-order chi connectivity index (χ1) is 9.04. The van der Waals surface area contributed by atoms with Crippen LogP contribution in [0.15, 0.2) is 0 Å². The molecule has 1 rings (SSSR count). The van der Waals surface area contributed by atoms with E-state index in [1.54, 1.807) is 11.8 Å². The number of amides is 2. The third-order valence-corrected chi connectivity index (χ3v) is 4.29. The number of carboxylic acids is 1. The van der Waals surface area contributed by atoms with E-state index in [9.17, 15) is 9.59 Å². The summed E-state index contributed by atoms with van der Waals surface area (Å²) < 4.78 is 0. The van der Waals surface area contributed by atoms with E-state index in [-0.39, 0.29) is 12.1 Å². The van der Waals surface area contributed by atoms with E-state index in [2.05, 4.69) is 17.6 Å². The third kappa shape index (κ3) is 5.72. The molecule has 110 valence electrons. The molecule has 1 aliphatic rings. The molecular weight excluding hydrogens is 264 g/mol. The fourth-order valence-corrected chi connectivity index (χ4v) is 2.86. The van der Waals surface area contributed by atoms with Crippen LogP contribution in [0.25, 0.3) is 0 Å². The van der Waals surface area contributed by atoms with Gasteiger partial charge in [-0.1, -0.05) is 19.8 Å². The molecule has 6 heteroatoms. The van der Waals surface area contributed by atoms with Gasteiger partial charge in [-0.2, -0.15) is 11.8 Å². The van der Waals surface area contributed by atoms with Gasteiger partial charge < -0.3 is 15.7 Å². The standard InChI is InChI=1S/C13H24N2O3S/c1-9-5-3-4-6-10(9)14-13(18)15-11(12(16)17)7-8-19-2/h9-11H,3-8H2,1-2H3,(H,16,17)(H2,14,15,18)/t9-,10-,11+/m1/s1. The lowest BCUT2D eigenvalue weighted by atomic mass is 9.86. The van der Waals surface area contributed by atoms with E-state index in [4.69, 9.17) is 5.11 Å². The molecule has 2 amide bonds. The SMILES string of the molecule is CSCC[C@H](NC(=O)N[C@@H]1CCCC[C@H]1C)C(=O)O. The normalized spacial score (nSPS) is 24.5. The van der Waals surface area contributed by atoms with Gasteiger partial charge in [0.25, 0.3) is 0 Å². The molecule has 0 aromatic rings. The highest BCUT2D eigenvalue weighted by molar-refractivity contribution is 7.98. The topological polar surface area (TPSA) is 78.4 Å². The molecule has 0 aromatic heterocycles. The summed E-state index contributed by atoms with van der Waals surface area (Å²) >= 11 is 1.58. The number of carboxylic acid groups (broad SMARTS) is 1. The highest BCUT2D eigenvalue weighted by atomic mass is 32.2. The second kappa shape index (κ2) is 8.30. The zero-order valence-electron chi connectivity index (χ0n) is 11.6. The Morgan fingerprint density at radius 3 is 2.63 bits per heavy atom. The number of carbonyl (C=O) groups is 2. The Hall–Kier alpha value is -0.910. The summed E-state index contributed by atoms with van der Waals surface area (Å²) in [6.07, 6.45) is 6.82. The Morgan fingerprint density at radius 1 is 1.37 bits per heavy atom. The van der Waals surface area contributed by atoms with Crippen molar-refractivity contribution in [3.8, 4) is 0 Å². The number of rotatable bonds is 6. The quantitative estimate of drug-likeness (QED) is 0.699. The molecule has 0 heterocycles. The molecule has 3 atom stereocenters. The van der Waals surface area contributed by atoms with Gasteiger partial charge >= 0.3 is 12.0 Å². The summed E-state index contributed by atoms with van der Waals surface area (Å²) in [4.78, 5) is 22.9. The monoisotopic (exact) mass is 288 g/mol. The maximum Gasteiger partial charge on any atom is 0.326 e. The van der Waals surface area contributed by atoms with Crippen molar-refractivity contribution < 1.29 is 14.7 Å². The Labute approximate surface area is 118 Å². The summed E-state index contributed by atoms with van der Waals surface area (Å²) in [5, 5.41) is 14.5. The fraction of sp³-hybridized carbons (Fsp3) is 0.846. The van der Waals surface area contributed by atoms with Crippen LogP contribution in [-0.4, -0.2) is 41.2 Å². The lowest BCUT2D eigenvalue weighted by molar-refractivity contribution is -0.139. The van der Waals surface area contributed by atoms with E-state index in [1.807, 2.05) is 6.26 Å². The van der Waals surface area contributed by atoms with Crippen molar-refractivity contribution in [2.75, 3.05) is 12.0 Å². The first kappa shape index (κ1) is 16.1. The Kier molecular flexibility index (Phi) is 7.05. The average Bonchev–Trinajstić information content (AvgIpc) is 2.37. The number of hydrogen-bond acceptors (Lipinski definition) is 3. The Balaban J connectivity index is 2.40. The summed E-state index contributed by atoms with van der Waals surface area (Å²) in [6, 6.07) is -0.984. The minimum Gasteiger partial charge on any atom is -0.480 e. The average molecular weight is 288 g/mol. The lowest BCUT2D eigenvalue weighted by Crippen LogP contribution is -2.51. The van der Waals surface area contributed by atoms with Gasteiger partial charge in [-0.15, -0.1) is 0 Å². The molecule has 1 fully saturated rings. The largest absolute Gasteiger partial charge is 0.480 e. The molecule has 0 unspecified atom stereocenters. The van der Waals surface area contributed by atoms with Gasteiger partial charge in [0.15, 0.2) is 0 Å². The smallest absolute Gasteiger partial charge is 0.326 e. The Morgan fingerprint density at radius 2 is 2.05 bits per heavy atom. The van der Waals surface area contributed by atoms with Crippen molar-refractivity contribution in [1.82, 2.24) is 10.6 Å². The highest BCUT2D eigenvalue weighted by Gasteiger charge is 2.25. The summed E-state index contributed by atoms with van der Waals surface area (Å²) in [5.74, 6) is 0.215. The molecule has 0 spiro atoms. The van der Waals surface area contributed by atoms with E-state index in [1.165, 1.54) is 6.42 Å². The van der Waals surface area contributed by atoms with Crippen molar-refractivity contribution in [1.29, 1.82) is 0 Å². The zero-order valence-corrected chi connectivity index (χ0v) is 12.5. The van der Waals surface area contributed by atoms with E-state index < -0.39 is 12.0 Å². The number of aliphatic carboxylic acids is 1. The van der Waals surface area contributed by atoms with Crippen molar-refractivity contribution in [2.24, 2.45) is 5.92 Å². The number of hydrogen-bond donors (Lipinski definition) is 3. The van der Waals surface area contributed by atoms with Crippen LogP contribution in [0.5, 0.6) is 0 Å². The minimum absolute atomic E-state index is 0.170. The fourth-order valence-electron chi connectivity index (χ4n) is 2.39. The maximum absolute atomic E-state index is 11.8.